The number of aromatic nitrogens is 2. The molecule has 0 saturated carbocycles. The fourth-order valence-electron chi connectivity index (χ4n) is 2.77. The molecule has 0 unspecified atom stereocenters. The van der Waals surface area contributed by atoms with Crippen LogP contribution in [0.3, 0.4) is 0 Å². The van der Waals surface area contributed by atoms with Gasteiger partial charge in [-0.3, -0.25) is 4.57 Å². The second kappa shape index (κ2) is 6.48. The van der Waals surface area contributed by atoms with Gasteiger partial charge in [0, 0.05) is 16.7 Å². The normalized spacial score (nSPS) is 13.1. The number of hydrogen-bond acceptors (Lipinski definition) is 5. The summed E-state index contributed by atoms with van der Waals surface area (Å²) < 4.78 is 1.20. The predicted molar refractivity (Wildman–Crippen MR) is 98.4 cm³/mol. The van der Waals surface area contributed by atoms with Crippen LogP contribution in [0.25, 0.3) is 0 Å². The smallest absolute Gasteiger partial charge is 0.354 e. The SMILES string of the molecule is CC(C)(C)c1cc(/C(=N/O)n2cncc2C(=O)O)cc(C(C)(C)C)c1O. The molecule has 0 aliphatic heterocycles. The summed E-state index contributed by atoms with van der Waals surface area (Å²) in [7, 11) is 0. The first kappa shape index (κ1) is 19.5. The van der Waals surface area contributed by atoms with Crippen molar-refractivity contribution in [3.8, 4) is 5.75 Å². The van der Waals surface area contributed by atoms with Gasteiger partial charge in [-0.25, -0.2) is 9.78 Å². The fraction of sp³-hybridized carbons (Fsp3) is 0.421. The van der Waals surface area contributed by atoms with E-state index in [0.717, 1.165) is 0 Å². The molecule has 0 radical (unpaired) electrons. The Labute approximate surface area is 152 Å². The van der Waals surface area contributed by atoms with Gasteiger partial charge in [0.05, 0.1) is 6.20 Å². The van der Waals surface area contributed by atoms with Crippen LogP contribution in [-0.2, 0) is 10.8 Å². The van der Waals surface area contributed by atoms with E-state index in [0.29, 0.717) is 16.7 Å². The molecule has 7 nitrogen and oxygen atoms in total. The molecule has 0 amide bonds. The Bertz CT molecular complexity index is 833. The molecule has 1 aromatic heterocycles. The van der Waals surface area contributed by atoms with Gasteiger partial charge in [-0.15, -0.1) is 0 Å². The van der Waals surface area contributed by atoms with E-state index in [4.69, 9.17) is 0 Å². The number of phenols is 1. The Morgan fingerprint density at radius 3 is 1.96 bits per heavy atom. The first-order valence-corrected chi connectivity index (χ1v) is 8.24. The monoisotopic (exact) mass is 359 g/mol. The number of benzene rings is 1. The summed E-state index contributed by atoms with van der Waals surface area (Å²) >= 11 is 0. The number of carboxylic acids is 1. The molecular formula is C19H25N3O4. The van der Waals surface area contributed by atoms with E-state index in [9.17, 15) is 20.2 Å². The summed E-state index contributed by atoms with van der Waals surface area (Å²) in [6, 6.07) is 3.43. The largest absolute Gasteiger partial charge is 0.507 e. The quantitative estimate of drug-likeness (QED) is 0.329. The van der Waals surface area contributed by atoms with Crippen LogP contribution in [0.4, 0.5) is 0 Å². The summed E-state index contributed by atoms with van der Waals surface area (Å²) in [5, 5.41) is 33.0. The number of nitrogens with zero attached hydrogens (tertiary/aromatic N) is 3. The van der Waals surface area contributed by atoms with Crippen LogP contribution in [0, 0.1) is 0 Å². The van der Waals surface area contributed by atoms with Gasteiger partial charge in [-0.2, -0.15) is 0 Å². The van der Waals surface area contributed by atoms with Crippen LogP contribution in [-0.4, -0.2) is 36.8 Å². The minimum Gasteiger partial charge on any atom is -0.507 e. The van der Waals surface area contributed by atoms with Crippen molar-refractivity contribution in [3.63, 3.8) is 0 Å². The van der Waals surface area contributed by atoms with E-state index in [1.807, 2.05) is 41.5 Å². The van der Waals surface area contributed by atoms with Gasteiger partial charge in [0.15, 0.2) is 11.5 Å². The van der Waals surface area contributed by atoms with Gasteiger partial charge >= 0.3 is 5.97 Å². The Balaban J connectivity index is 2.80. The fourth-order valence-corrected chi connectivity index (χ4v) is 2.77. The average Bonchev–Trinajstić information content (AvgIpc) is 2.96. The molecule has 0 atom stereocenters. The van der Waals surface area contributed by atoms with Crippen molar-refractivity contribution >= 4 is 11.8 Å². The molecule has 0 bridgehead atoms. The molecule has 26 heavy (non-hydrogen) atoms. The molecule has 140 valence electrons. The van der Waals surface area contributed by atoms with Crippen molar-refractivity contribution < 1.29 is 20.2 Å². The zero-order chi connectivity index (χ0) is 19.9. The highest BCUT2D eigenvalue weighted by molar-refractivity contribution is 6.04. The first-order valence-electron chi connectivity index (χ1n) is 8.24. The van der Waals surface area contributed by atoms with Crippen molar-refractivity contribution in [1.82, 2.24) is 9.55 Å². The number of rotatable bonds is 2. The number of aromatic hydroxyl groups is 1. The van der Waals surface area contributed by atoms with E-state index >= 15 is 0 Å². The number of oxime groups is 1. The zero-order valence-electron chi connectivity index (χ0n) is 15.9. The number of carbonyl (C=O) groups is 1. The molecule has 3 N–H and O–H groups in total. The molecule has 1 aromatic carbocycles. The van der Waals surface area contributed by atoms with Crippen LogP contribution in [0.2, 0.25) is 0 Å². The van der Waals surface area contributed by atoms with Crippen molar-refractivity contribution in [1.29, 1.82) is 0 Å². The summed E-state index contributed by atoms with van der Waals surface area (Å²) in [5.41, 5.74) is 0.980. The molecule has 0 saturated heterocycles. The maximum atomic E-state index is 11.4. The summed E-state index contributed by atoms with van der Waals surface area (Å²) in [5.74, 6) is -0.972. The zero-order valence-corrected chi connectivity index (χ0v) is 15.9. The molecule has 7 heteroatoms. The van der Waals surface area contributed by atoms with Gasteiger partial charge in [0.25, 0.3) is 0 Å². The van der Waals surface area contributed by atoms with E-state index in [2.05, 4.69) is 10.1 Å². The minimum atomic E-state index is -1.19. The second-order valence-electron chi connectivity index (χ2n) is 8.30. The molecule has 2 aromatic rings. The molecule has 0 aliphatic rings. The highest BCUT2D eigenvalue weighted by Gasteiger charge is 2.28. The lowest BCUT2D eigenvalue weighted by Crippen LogP contribution is -2.22. The van der Waals surface area contributed by atoms with Crippen LogP contribution in [0.15, 0.2) is 29.8 Å². The Morgan fingerprint density at radius 2 is 1.58 bits per heavy atom. The summed E-state index contributed by atoms with van der Waals surface area (Å²) in [4.78, 5) is 15.2. The minimum absolute atomic E-state index is 0.0240. The third-order valence-electron chi connectivity index (χ3n) is 4.16. The summed E-state index contributed by atoms with van der Waals surface area (Å²) in [6.45, 7) is 11.8. The van der Waals surface area contributed by atoms with Gasteiger partial charge in [-0.1, -0.05) is 46.7 Å². The lowest BCUT2D eigenvalue weighted by molar-refractivity contribution is 0.0689. The molecule has 0 fully saturated rings. The van der Waals surface area contributed by atoms with Gasteiger partial charge < -0.3 is 15.4 Å². The van der Waals surface area contributed by atoms with Crippen LogP contribution >= 0.6 is 0 Å². The van der Waals surface area contributed by atoms with E-state index in [-0.39, 0.29) is 28.1 Å². The molecular weight excluding hydrogens is 334 g/mol. The van der Waals surface area contributed by atoms with Crippen molar-refractivity contribution in [2.75, 3.05) is 0 Å². The molecule has 0 spiro atoms. The van der Waals surface area contributed by atoms with Crippen LogP contribution < -0.4 is 0 Å². The van der Waals surface area contributed by atoms with E-state index in [1.54, 1.807) is 12.1 Å². The Morgan fingerprint density at radius 1 is 1.08 bits per heavy atom. The van der Waals surface area contributed by atoms with Crippen molar-refractivity contribution in [2.24, 2.45) is 5.16 Å². The standard InChI is InChI=1S/C19H25N3O4/c1-18(2,3)12-7-11(8-13(15(12)23)19(4,5)6)16(21-26)22-10-20-9-14(22)17(24)25/h7-10,23,26H,1-6H3,(H,24,25)/b21-16-. The van der Waals surface area contributed by atoms with Gasteiger partial charge in [0.2, 0.25) is 0 Å². The summed E-state index contributed by atoms with van der Waals surface area (Å²) in [6.07, 6.45) is 2.46. The average molecular weight is 359 g/mol. The number of carboxylic acid groups (broad SMARTS) is 1. The van der Waals surface area contributed by atoms with E-state index < -0.39 is 5.97 Å². The Hall–Kier alpha value is -2.83. The third-order valence-corrected chi connectivity index (χ3v) is 4.16. The van der Waals surface area contributed by atoms with Gasteiger partial charge in [-0.05, 0) is 23.0 Å². The van der Waals surface area contributed by atoms with Gasteiger partial charge in [0.1, 0.15) is 12.1 Å². The number of phenolic OH excluding ortho intramolecular Hbond substituents is 1. The highest BCUT2D eigenvalue weighted by atomic mass is 16.4. The first-order chi connectivity index (χ1) is 11.9. The number of aromatic carboxylic acids is 1. The maximum Gasteiger partial charge on any atom is 0.354 e. The van der Waals surface area contributed by atoms with Crippen LogP contribution in [0.5, 0.6) is 5.75 Å². The highest BCUT2D eigenvalue weighted by Crippen LogP contribution is 2.40. The lowest BCUT2D eigenvalue weighted by atomic mass is 9.78. The predicted octanol–water partition coefficient (Wildman–Crippen LogP) is 3.57. The maximum absolute atomic E-state index is 11.4. The lowest BCUT2D eigenvalue weighted by Gasteiger charge is -2.28. The van der Waals surface area contributed by atoms with Crippen LogP contribution in [0.1, 0.15) is 68.7 Å². The van der Waals surface area contributed by atoms with E-state index in [1.165, 1.54) is 17.1 Å². The molecule has 0 aliphatic carbocycles. The molecule has 1 heterocycles. The molecule has 2 rings (SSSR count). The second-order valence-corrected chi connectivity index (χ2v) is 8.30. The Kier molecular flexibility index (Phi) is 4.86. The van der Waals surface area contributed by atoms with Crippen molar-refractivity contribution in [2.45, 2.75) is 52.4 Å². The third kappa shape index (κ3) is 3.56. The topological polar surface area (TPSA) is 108 Å². The number of hydrogen-bond donors (Lipinski definition) is 3. The number of imidazole rings is 1. The van der Waals surface area contributed by atoms with Crippen molar-refractivity contribution in [3.05, 3.63) is 47.0 Å².